The molecule has 0 bridgehead atoms. The van der Waals surface area contributed by atoms with Crippen molar-refractivity contribution in [2.24, 2.45) is 0 Å². The molecule has 2 aliphatic heterocycles. The molecule has 8 aromatic rings. The molecule has 0 spiro atoms. The normalized spacial score (nSPS) is 13.2. The zero-order valence-electron chi connectivity index (χ0n) is 23.1. The standard InChI is InChI=1S/C37H23BN4O/c1-2-12-24(13-3-1)40-29-17-7-4-14-26(29)38-27-15-5-11-21-34(27)43-35-23-25(22-33(40)36(35)38)41-31-19-9-10-20-32(31)42-30-18-8-6-16-28(30)39-37(41)42/h1-23H. The Balaban J connectivity index is 1.34. The molecule has 5 nitrogen and oxygen atoms in total. The molecule has 4 heterocycles. The second-order valence-corrected chi connectivity index (χ2v) is 11.2. The summed E-state index contributed by atoms with van der Waals surface area (Å²) < 4.78 is 11.3. The van der Waals surface area contributed by atoms with Crippen LogP contribution in [-0.2, 0) is 0 Å². The van der Waals surface area contributed by atoms with Crippen LogP contribution in [0.2, 0.25) is 0 Å². The van der Waals surface area contributed by atoms with Gasteiger partial charge in [0.2, 0.25) is 5.78 Å². The van der Waals surface area contributed by atoms with E-state index in [9.17, 15) is 0 Å². The zero-order valence-corrected chi connectivity index (χ0v) is 23.1. The van der Waals surface area contributed by atoms with E-state index in [0.717, 1.165) is 56.4 Å². The van der Waals surface area contributed by atoms with Gasteiger partial charge in [-0.3, -0.25) is 8.97 Å². The van der Waals surface area contributed by atoms with E-state index in [1.54, 1.807) is 0 Å². The van der Waals surface area contributed by atoms with Crippen molar-refractivity contribution in [1.29, 1.82) is 0 Å². The molecular formula is C37H23BN4O. The monoisotopic (exact) mass is 550 g/mol. The quantitative estimate of drug-likeness (QED) is 0.221. The third-order valence-corrected chi connectivity index (χ3v) is 8.95. The summed E-state index contributed by atoms with van der Waals surface area (Å²) in [5, 5.41) is 0. The van der Waals surface area contributed by atoms with Crippen molar-refractivity contribution in [2.75, 3.05) is 4.90 Å². The van der Waals surface area contributed by atoms with Gasteiger partial charge in [0, 0.05) is 23.1 Å². The molecule has 0 N–H and O–H groups in total. The smallest absolute Gasteiger partial charge is 0.256 e. The van der Waals surface area contributed by atoms with E-state index in [0.29, 0.717) is 0 Å². The SMILES string of the molecule is c1ccc(N2c3ccccc3B3c4ccccc4Oc4cc(-n5c6ccccc6n6c7ccccc7nc56)cc2c43)cc1. The van der Waals surface area contributed by atoms with Gasteiger partial charge in [-0.25, -0.2) is 4.98 Å². The van der Waals surface area contributed by atoms with E-state index in [1.807, 2.05) is 6.07 Å². The predicted octanol–water partition coefficient (Wildman–Crippen LogP) is 6.84. The van der Waals surface area contributed by atoms with Crippen molar-refractivity contribution in [1.82, 2.24) is 14.0 Å². The van der Waals surface area contributed by atoms with Gasteiger partial charge in [-0.1, -0.05) is 78.9 Å². The summed E-state index contributed by atoms with van der Waals surface area (Å²) in [6.45, 7) is 0.0654. The van der Waals surface area contributed by atoms with Gasteiger partial charge in [-0.2, -0.15) is 0 Å². The van der Waals surface area contributed by atoms with E-state index in [-0.39, 0.29) is 6.71 Å². The Kier molecular flexibility index (Phi) is 4.47. The lowest BCUT2D eigenvalue weighted by Gasteiger charge is -2.40. The van der Waals surface area contributed by atoms with Crippen molar-refractivity contribution in [2.45, 2.75) is 0 Å². The van der Waals surface area contributed by atoms with Crippen molar-refractivity contribution in [3.8, 4) is 17.2 Å². The largest absolute Gasteiger partial charge is 0.458 e. The Labute approximate surface area is 247 Å². The van der Waals surface area contributed by atoms with Gasteiger partial charge in [0.1, 0.15) is 11.5 Å². The van der Waals surface area contributed by atoms with Crippen molar-refractivity contribution >= 4 is 68.0 Å². The lowest BCUT2D eigenvalue weighted by Crippen LogP contribution is -2.59. The molecule has 0 unspecified atom stereocenters. The summed E-state index contributed by atoms with van der Waals surface area (Å²) in [6, 6.07) is 49.3. The molecule has 0 aliphatic carbocycles. The summed E-state index contributed by atoms with van der Waals surface area (Å²) in [7, 11) is 0. The Morgan fingerprint density at radius 2 is 1.23 bits per heavy atom. The van der Waals surface area contributed by atoms with Gasteiger partial charge in [0.05, 0.1) is 27.8 Å². The molecule has 43 heavy (non-hydrogen) atoms. The molecule has 0 saturated carbocycles. The topological polar surface area (TPSA) is 34.7 Å². The highest BCUT2D eigenvalue weighted by molar-refractivity contribution is 6.99. The van der Waals surface area contributed by atoms with Gasteiger partial charge in [0.15, 0.2) is 0 Å². The average Bonchev–Trinajstić information content (AvgIpc) is 3.59. The number of hydrogen-bond acceptors (Lipinski definition) is 3. The molecule has 0 fully saturated rings. The molecule has 2 aromatic heterocycles. The fraction of sp³-hybridized carbons (Fsp3) is 0. The highest BCUT2D eigenvalue weighted by Crippen LogP contribution is 2.42. The second kappa shape index (κ2) is 8.40. The number of ether oxygens (including phenoxy) is 1. The molecule has 200 valence electrons. The summed E-state index contributed by atoms with van der Waals surface area (Å²) in [5.41, 5.74) is 12.3. The van der Waals surface area contributed by atoms with Crippen LogP contribution in [0.3, 0.4) is 0 Å². The summed E-state index contributed by atoms with van der Waals surface area (Å²) >= 11 is 0. The minimum atomic E-state index is 0.0654. The first-order valence-electron chi connectivity index (χ1n) is 14.6. The molecule has 10 rings (SSSR count). The number of fused-ring (bicyclic) bond motifs is 9. The number of hydrogen-bond donors (Lipinski definition) is 0. The summed E-state index contributed by atoms with van der Waals surface area (Å²) in [4.78, 5) is 7.53. The number of nitrogens with zero attached hydrogens (tertiary/aromatic N) is 4. The maximum Gasteiger partial charge on any atom is 0.256 e. The third kappa shape index (κ3) is 3.04. The van der Waals surface area contributed by atoms with Crippen LogP contribution in [0.25, 0.3) is 33.5 Å². The van der Waals surface area contributed by atoms with Crippen LogP contribution in [-0.4, -0.2) is 20.7 Å². The van der Waals surface area contributed by atoms with E-state index < -0.39 is 0 Å². The fourth-order valence-electron chi connectivity index (χ4n) is 7.22. The molecular weight excluding hydrogens is 527 g/mol. The number of anilines is 3. The Morgan fingerprint density at radius 1 is 0.535 bits per heavy atom. The van der Waals surface area contributed by atoms with Gasteiger partial charge < -0.3 is 9.64 Å². The van der Waals surface area contributed by atoms with Crippen molar-refractivity contribution in [3.05, 3.63) is 140 Å². The average molecular weight is 550 g/mol. The van der Waals surface area contributed by atoms with E-state index in [1.165, 1.54) is 22.1 Å². The van der Waals surface area contributed by atoms with Gasteiger partial charge in [-0.05, 0) is 71.0 Å². The van der Waals surface area contributed by atoms with Crippen LogP contribution in [0.15, 0.2) is 140 Å². The van der Waals surface area contributed by atoms with Crippen LogP contribution in [0.5, 0.6) is 11.5 Å². The molecule has 0 saturated heterocycles. The van der Waals surface area contributed by atoms with Crippen LogP contribution in [0, 0.1) is 0 Å². The Hall–Kier alpha value is -5.75. The first kappa shape index (κ1) is 22.9. The number of imidazole rings is 2. The number of benzene rings is 6. The second-order valence-electron chi connectivity index (χ2n) is 11.2. The molecule has 0 radical (unpaired) electrons. The maximum atomic E-state index is 6.78. The lowest BCUT2D eigenvalue weighted by atomic mass is 9.34. The first-order chi connectivity index (χ1) is 21.3. The van der Waals surface area contributed by atoms with Gasteiger partial charge in [0.25, 0.3) is 6.71 Å². The van der Waals surface area contributed by atoms with Gasteiger partial charge >= 0.3 is 0 Å². The molecule has 0 amide bonds. The molecule has 0 atom stereocenters. The van der Waals surface area contributed by atoms with E-state index in [2.05, 4.69) is 147 Å². The lowest BCUT2D eigenvalue weighted by molar-refractivity contribution is 0.487. The van der Waals surface area contributed by atoms with Crippen LogP contribution < -0.4 is 26.0 Å². The Bertz CT molecular complexity index is 2410. The minimum absolute atomic E-state index is 0.0654. The highest BCUT2D eigenvalue weighted by Gasteiger charge is 2.42. The first-order valence-corrected chi connectivity index (χ1v) is 14.6. The van der Waals surface area contributed by atoms with E-state index >= 15 is 0 Å². The highest BCUT2D eigenvalue weighted by atomic mass is 16.5. The predicted molar refractivity (Wildman–Crippen MR) is 175 cm³/mol. The Morgan fingerprint density at radius 3 is 2.12 bits per heavy atom. The summed E-state index contributed by atoms with van der Waals surface area (Å²) in [5.74, 6) is 2.66. The molecule has 6 heteroatoms. The zero-order chi connectivity index (χ0) is 28.1. The summed E-state index contributed by atoms with van der Waals surface area (Å²) in [6.07, 6.45) is 0. The molecule has 6 aromatic carbocycles. The maximum absolute atomic E-state index is 6.78. The fourth-order valence-corrected chi connectivity index (χ4v) is 7.22. The van der Waals surface area contributed by atoms with Crippen LogP contribution in [0.1, 0.15) is 0 Å². The third-order valence-electron chi connectivity index (χ3n) is 8.95. The number of aromatic nitrogens is 3. The van der Waals surface area contributed by atoms with Crippen LogP contribution >= 0.6 is 0 Å². The van der Waals surface area contributed by atoms with Crippen molar-refractivity contribution in [3.63, 3.8) is 0 Å². The minimum Gasteiger partial charge on any atom is -0.458 e. The molecule has 2 aliphatic rings. The van der Waals surface area contributed by atoms with Crippen molar-refractivity contribution < 1.29 is 4.74 Å². The van der Waals surface area contributed by atoms with Crippen LogP contribution in [0.4, 0.5) is 17.1 Å². The van der Waals surface area contributed by atoms with E-state index in [4.69, 9.17) is 9.72 Å². The number of para-hydroxylation sites is 7. The van der Waals surface area contributed by atoms with Gasteiger partial charge in [-0.15, -0.1) is 0 Å². The number of rotatable bonds is 2.